The molecule has 0 amide bonds. The number of aromatic nitrogens is 7. The van der Waals surface area contributed by atoms with E-state index in [-0.39, 0.29) is 42.3 Å². The second-order valence-electron chi connectivity index (χ2n) is 13.9. The lowest BCUT2D eigenvalue weighted by Crippen LogP contribution is -2.25. The van der Waals surface area contributed by atoms with E-state index in [1.165, 1.54) is 57.9 Å². The van der Waals surface area contributed by atoms with Gasteiger partial charge in [0.2, 0.25) is 5.88 Å². The van der Waals surface area contributed by atoms with Gasteiger partial charge < -0.3 is 18.7 Å². The summed E-state index contributed by atoms with van der Waals surface area (Å²) < 4.78 is 95.4. The maximum absolute atomic E-state index is 13.1. The zero-order valence-corrected chi connectivity index (χ0v) is 33.4. The quantitative estimate of drug-likeness (QED) is 0.114. The van der Waals surface area contributed by atoms with Crippen LogP contribution >= 0.6 is 0 Å². The number of ether oxygens (including phenoxy) is 3. The maximum atomic E-state index is 13.1. The van der Waals surface area contributed by atoms with Gasteiger partial charge in [-0.1, -0.05) is 65.8 Å². The minimum Gasteiger partial charge on any atom is -0.476 e. The maximum Gasteiger partial charge on any atom is 0.573 e. The SMILES string of the molecule is O=c1c2cc(-c3ccc(OC(F)(F)F)cc3)ccc2cnn1CCOc1ccccn1.O=c1c2cc(-c3ccc(OC(F)(F)F)cc3)ccc2cnn1Cc1cc(-c2ccccn2)on1. The average Bonchev–Trinajstić information content (AvgIpc) is 3.77. The third kappa shape index (κ3) is 11.0. The first kappa shape index (κ1) is 43.3. The average molecular weight is 892 g/mol. The Balaban J connectivity index is 0.000000178. The first-order valence-electron chi connectivity index (χ1n) is 19.4. The van der Waals surface area contributed by atoms with Crippen LogP contribution in [0.4, 0.5) is 26.3 Å². The van der Waals surface area contributed by atoms with E-state index in [0.29, 0.717) is 66.8 Å². The Hall–Kier alpha value is -8.35. The normalized spacial score (nSPS) is 11.5. The molecule has 0 saturated heterocycles. The molecule has 0 atom stereocenters. The van der Waals surface area contributed by atoms with E-state index in [9.17, 15) is 35.9 Å². The van der Waals surface area contributed by atoms with Crippen LogP contribution < -0.4 is 25.3 Å². The highest BCUT2D eigenvalue weighted by atomic mass is 19.4. The zero-order chi connectivity index (χ0) is 45.6. The number of nitrogens with zero attached hydrogens (tertiary/aromatic N) is 7. The third-order valence-electron chi connectivity index (χ3n) is 9.53. The van der Waals surface area contributed by atoms with Crippen LogP contribution in [-0.4, -0.2) is 54.0 Å². The van der Waals surface area contributed by atoms with E-state index in [4.69, 9.17) is 9.26 Å². The topological polar surface area (TPSA) is 149 Å². The van der Waals surface area contributed by atoms with E-state index in [2.05, 4.69) is 34.8 Å². The highest BCUT2D eigenvalue weighted by molar-refractivity contribution is 5.87. The Morgan fingerprint density at radius 1 is 0.569 bits per heavy atom. The first-order chi connectivity index (χ1) is 31.2. The fourth-order valence-electron chi connectivity index (χ4n) is 6.52. The Kier molecular flexibility index (Phi) is 12.4. The molecule has 9 rings (SSSR count). The van der Waals surface area contributed by atoms with Crippen LogP contribution in [-0.2, 0) is 13.1 Å². The van der Waals surface area contributed by atoms with Crippen LogP contribution in [0, 0.1) is 0 Å². The van der Waals surface area contributed by atoms with Crippen molar-refractivity contribution in [2.75, 3.05) is 6.61 Å². The van der Waals surface area contributed by atoms with Crippen LogP contribution in [0.25, 0.3) is 55.3 Å². The molecule has 9 aromatic rings. The van der Waals surface area contributed by atoms with Crippen molar-refractivity contribution >= 4 is 21.5 Å². The largest absolute Gasteiger partial charge is 0.573 e. The molecule has 65 heavy (non-hydrogen) atoms. The molecule has 0 aliphatic carbocycles. The van der Waals surface area contributed by atoms with E-state index >= 15 is 0 Å². The summed E-state index contributed by atoms with van der Waals surface area (Å²) >= 11 is 0. The van der Waals surface area contributed by atoms with Crippen molar-refractivity contribution in [3.8, 4) is 51.1 Å². The van der Waals surface area contributed by atoms with Gasteiger partial charge in [0, 0.05) is 35.3 Å². The molecule has 0 N–H and O–H groups in total. The first-order valence-corrected chi connectivity index (χ1v) is 19.4. The summed E-state index contributed by atoms with van der Waals surface area (Å²) in [4.78, 5) is 34.2. The molecule has 13 nitrogen and oxygen atoms in total. The summed E-state index contributed by atoms with van der Waals surface area (Å²) in [7, 11) is 0. The summed E-state index contributed by atoms with van der Waals surface area (Å²) in [6.45, 7) is 0.549. The van der Waals surface area contributed by atoms with Crippen LogP contribution in [0.15, 0.2) is 166 Å². The number of rotatable bonds is 11. The second kappa shape index (κ2) is 18.6. The highest BCUT2D eigenvalue weighted by Gasteiger charge is 2.31. The minimum absolute atomic E-state index is 0.0960. The van der Waals surface area contributed by atoms with Gasteiger partial charge >= 0.3 is 12.7 Å². The van der Waals surface area contributed by atoms with Crippen LogP contribution in [0.2, 0.25) is 0 Å². The van der Waals surface area contributed by atoms with Crippen molar-refractivity contribution in [3.05, 3.63) is 179 Å². The molecule has 0 aliphatic heterocycles. The monoisotopic (exact) mass is 891 g/mol. The summed E-state index contributed by atoms with van der Waals surface area (Å²) in [5, 5.41) is 14.5. The standard InChI is InChI=1S/C24H15F3N4O3.C22H16F3N3O3/c25-24(26,27)33-19-8-6-15(7-9-19)16-4-5-17-13-29-31(23(32)20(17)11-16)14-18-12-22(34-30-18)21-3-1-2-10-28-21;23-22(24,25)31-18-8-6-15(7-9-18)16-4-5-17-14-27-28(21(29)19(17)13-16)11-12-30-20-3-1-2-10-26-20/h1-13H,14H2;1-10,13-14H,11-12H2. The predicted octanol–water partition coefficient (Wildman–Crippen LogP) is 9.50. The molecular formula is C46H31F6N7O6. The Labute approximate surface area is 362 Å². The van der Waals surface area contributed by atoms with Crippen molar-refractivity contribution in [1.29, 1.82) is 0 Å². The number of benzene rings is 4. The van der Waals surface area contributed by atoms with Gasteiger partial charge in [-0.25, -0.2) is 14.3 Å². The zero-order valence-electron chi connectivity index (χ0n) is 33.4. The van der Waals surface area contributed by atoms with Crippen molar-refractivity contribution in [2.24, 2.45) is 0 Å². The molecule has 19 heteroatoms. The van der Waals surface area contributed by atoms with Gasteiger partial charge in [0.1, 0.15) is 29.5 Å². The van der Waals surface area contributed by atoms with Crippen molar-refractivity contribution < 1.29 is 45.1 Å². The van der Waals surface area contributed by atoms with Crippen LogP contribution in [0.3, 0.4) is 0 Å². The van der Waals surface area contributed by atoms with Crippen LogP contribution in [0.5, 0.6) is 17.4 Å². The predicted molar refractivity (Wildman–Crippen MR) is 225 cm³/mol. The van der Waals surface area contributed by atoms with E-state index in [1.807, 2.05) is 6.07 Å². The number of halogens is 6. The number of pyridine rings is 2. The lowest BCUT2D eigenvalue weighted by molar-refractivity contribution is -0.275. The summed E-state index contributed by atoms with van der Waals surface area (Å²) in [5.41, 5.74) is 3.14. The lowest BCUT2D eigenvalue weighted by atomic mass is 10.0. The minimum atomic E-state index is -4.76. The fourth-order valence-corrected chi connectivity index (χ4v) is 6.52. The molecule has 0 saturated carbocycles. The van der Waals surface area contributed by atoms with Crippen LogP contribution in [0.1, 0.15) is 5.69 Å². The molecule has 0 bridgehead atoms. The summed E-state index contributed by atoms with van der Waals surface area (Å²) in [5.74, 6) is 0.305. The number of hydrogen-bond donors (Lipinski definition) is 0. The van der Waals surface area contributed by atoms with Gasteiger partial charge in [0.25, 0.3) is 11.1 Å². The number of alkyl halides is 6. The summed E-state index contributed by atoms with van der Waals surface area (Å²) in [6, 6.07) is 33.7. The lowest BCUT2D eigenvalue weighted by Gasteiger charge is -2.10. The molecule has 0 fully saturated rings. The second-order valence-corrected chi connectivity index (χ2v) is 13.9. The molecule has 328 valence electrons. The molecular weight excluding hydrogens is 861 g/mol. The highest BCUT2D eigenvalue weighted by Crippen LogP contribution is 2.30. The number of fused-ring (bicyclic) bond motifs is 2. The van der Waals surface area contributed by atoms with Gasteiger partial charge in [-0.15, -0.1) is 26.3 Å². The molecule has 0 aliphatic rings. The van der Waals surface area contributed by atoms with E-state index in [0.717, 1.165) is 0 Å². The molecule has 4 aromatic carbocycles. The van der Waals surface area contributed by atoms with Gasteiger partial charge in [0.05, 0.1) is 36.3 Å². The van der Waals surface area contributed by atoms with Gasteiger partial charge in [-0.2, -0.15) is 10.2 Å². The molecule has 5 aromatic heterocycles. The van der Waals surface area contributed by atoms with Gasteiger partial charge in [-0.3, -0.25) is 14.6 Å². The van der Waals surface area contributed by atoms with Crippen molar-refractivity contribution in [1.82, 2.24) is 34.7 Å². The Morgan fingerprint density at radius 2 is 1.09 bits per heavy atom. The Bertz CT molecular complexity index is 3180. The molecule has 0 spiro atoms. The van der Waals surface area contributed by atoms with Crippen molar-refractivity contribution in [2.45, 2.75) is 25.8 Å². The third-order valence-corrected chi connectivity index (χ3v) is 9.53. The molecule has 0 unspecified atom stereocenters. The van der Waals surface area contributed by atoms with E-state index < -0.39 is 12.7 Å². The fraction of sp³-hybridized carbons (Fsp3) is 0.109. The van der Waals surface area contributed by atoms with E-state index in [1.54, 1.807) is 97.6 Å². The van der Waals surface area contributed by atoms with Gasteiger partial charge in [0.15, 0.2) is 5.76 Å². The molecule has 5 heterocycles. The van der Waals surface area contributed by atoms with Gasteiger partial charge in [-0.05, 0) is 76.9 Å². The molecule has 0 radical (unpaired) electrons. The van der Waals surface area contributed by atoms with Crippen molar-refractivity contribution in [3.63, 3.8) is 0 Å². The summed E-state index contributed by atoms with van der Waals surface area (Å²) in [6.07, 6.45) is -3.10. The smallest absolute Gasteiger partial charge is 0.476 e. The number of hydrogen-bond acceptors (Lipinski definition) is 11. The Morgan fingerprint density at radius 3 is 1.62 bits per heavy atom.